The summed E-state index contributed by atoms with van der Waals surface area (Å²) in [6.07, 6.45) is 2.86. The zero-order chi connectivity index (χ0) is 30.9. The summed E-state index contributed by atoms with van der Waals surface area (Å²) >= 11 is 13.0. The lowest BCUT2D eigenvalue weighted by Gasteiger charge is -2.34. The van der Waals surface area contributed by atoms with E-state index >= 15 is 0 Å². The summed E-state index contributed by atoms with van der Waals surface area (Å²) < 4.78 is 32.6. The quantitative estimate of drug-likeness (QED) is 0.232. The Hall–Kier alpha value is -3.27. The number of hydrogen-bond acceptors (Lipinski definition) is 5. The van der Waals surface area contributed by atoms with Gasteiger partial charge in [-0.1, -0.05) is 79.0 Å². The minimum absolute atomic E-state index is 0.113. The Bertz CT molecular complexity index is 1460. The average Bonchev–Trinajstić information content (AvgIpc) is 2.94. The standard InChI is InChI=1S/C31H37Cl2N3O5S/c1-5-6-17-34-31(38)28(19-23-11-8-7-9-12-23)35(20-24-25(32)13-10-14-26(24)33)30(37)21-36(42(4,39)40)27-18-22(2)15-16-29(27)41-3/h7-16,18,28H,5-6,17,19-21H2,1-4H3,(H,34,38)/t28-/m0/s1. The first-order valence-corrected chi connectivity index (χ1v) is 16.2. The number of amides is 2. The van der Waals surface area contributed by atoms with E-state index in [0.29, 0.717) is 22.2 Å². The number of carbonyl (C=O) groups is 2. The van der Waals surface area contributed by atoms with Crippen molar-refractivity contribution in [2.24, 2.45) is 0 Å². The molecule has 1 atom stereocenters. The molecule has 42 heavy (non-hydrogen) atoms. The molecule has 1 N–H and O–H groups in total. The van der Waals surface area contributed by atoms with Crippen LogP contribution in [0.25, 0.3) is 0 Å². The van der Waals surface area contributed by atoms with Gasteiger partial charge in [0, 0.05) is 35.1 Å². The molecule has 0 bridgehead atoms. The van der Waals surface area contributed by atoms with Crippen LogP contribution < -0.4 is 14.4 Å². The maximum absolute atomic E-state index is 14.3. The van der Waals surface area contributed by atoms with Crippen molar-refractivity contribution in [2.75, 3.05) is 30.8 Å². The van der Waals surface area contributed by atoms with E-state index in [0.717, 1.165) is 34.5 Å². The van der Waals surface area contributed by atoms with Gasteiger partial charge in [0.1, 0.15) is 18.3 Å². The van der Waals surface area contributed by atoms with Gasteiger partial charge in [-0.2, -0.15) is 0 Å². The Morgan fingerprint density at radius 1 is 1.00 bits per heavy atom. The number of rotatable bonds is 14. The molecule has 226 valence electrons. The monoisotopic (exact) mass is 633 g/mol. The van der Waals surface area contributed by atoms with Gasteiger partial charge in [-0.3, -0.25) is 13.9 Å². The molecule has 0 spiro atoms. The smallest absolute Gasteiger partial charge is 0.244 e. The summed E-state index contributed by atoms with van der Waals surface area (Å²) in [4.78, 5) is 29.3. The molecule has 3 rings (SSSR count). The van der Waals surface area contributed by atoms with E-state index in [2.05, 4.69) is 5.32 Å². The van der Waals surface area contributed by atoms with Gasteiger partial charge in [0.2, 0.25) is 21.8 Å². The summed E-state index contributed by atoms with van der Waals surface area (Å²) in [6, 6.07) is 18.4. The van der Waals surface area contributed by atoms with Gasteiger partial charge < -0.3 is 15.0 Å². The highest BCUT2D eigenvalue weighted by atomic mass is 35.5. The number of ether oxygens (including phenoxy) is 1. The summed E-state index contributed by atoms with van der Waals surface area (Å²) in [6.45, 7) is 3.58. The van der Waals surface area contributed by atoms with Gasteiger partial charge in [-0.05, 0) is 48.7 Å². The van der Waals surface area contributed by atoms with E-state index in [9.17, 15) is 18.0 Å². The zero-order valence-corrected chi connectivity index (χ0v) is 26.6. The van der Waals surface area contributed by atoms with E-state index in [1.54, 1.807) is 36.4 Å². The average molecular weight is 635 g/mol. The molecule has 0 radical (unpaired) electrons. The molecule has 0 fully saturated rings. The third-order valence-electron chi connectivity index (χ3n) is 6.77. The van der Waals surface area contributed by atoms with Crippen molar-refractivity contribution in [3.05, 3.63) is 93.5 Å². The maximum atomic E-state index is 14.3. The van der Waals surface area contributed by atoms with E-state index in [1.807, 2.05) is 44.2 Å². The number of unbranched alkanes of at least 4 members (excludes halogenated alkanes) is 1. The van der Waals surface area contributed by atoms with Crippen molar-refractivity contribution in [1.29, 1.82) is 0 Å². The van der Waals surface area contributed by atoms with Gasteiger partial charge in [-0.15, -0.1) is 0 Å². The lowest BCUT2D eigenvalue weighted by molar-refractivity contribution is -0.140. The first kappa shape index (κ1) is 33.2. The Balaban J connectivity index is 2.12. The third-order valence-corrected chi connectivity index (χ3v) is 8.61. The van der Waals surface area contributed by atoms with Crippen molar-refractivity contribution in [3.63, 3.8) is 0 Å². The minimum Gasteiger partial charge on any atom is -0.495 e. The molecule has 3 aromatic carbocycles. The van der Waals surface area contributed by atoms with Gasteiger partial charge in [0.15, 0.2) is 0 Å². The molecule has 0 aliphatic rings. The van der Waals surface area contributed by atoms with Crippen LogP contribution in [-0.2, 0) is 32.6 Å². The first-order valence-electron chi connectivity index (χ1n) is 13.6. The summed E-state index contributed by atoms with van der Waals surface area (Å²) in [5, 5.41) is 3.59. The number of aryl methyl sites for hydroxylation is 1. The van der Waals surface area contributed by atoms with Crippen LogP contribution in [0.3, 0.4) is 0 Å². The van der Waals surface area contributed by atoms with Crippen molar-refractivity contribution in [1.82, 2.24) is 10.2 Å². The van der Waals surface area contributed by atoms with Gasteiger partial charge >= 0.3 is 0 Å². The normalized spacial score (nSPS) is 12.0. The Kier molecular flexibility index (Phi) is 12.1. The van der Waals surface area contributed by atoms with Crippen LogP contribution in [0.15, 0.2) is 66.7 Å². The number of anilines is 1. The molecule has 0 unspecified atom stereocenters. The number of carbonyl (C=O) groups excluding carboxylic acids is 2. The van der Waals surface area contributed by atoms with Crippen molar-refractivity contribution >= 4 is 50.7 Å². The molecule has 0 saturated carbocycles. The van der Waals surface area contributed by atoms with Crippen molar-refractivity contribution in [2.45, 2.75) is 45.7 Å². The van der Waals surface area contributed by atoms with Crippen molar-refractivity contribution < 1.29 is 22.7 Å². The Morgan fingerprint density at radius 3 is 2.26 bits per heavy atom. The second-order valence-electron chi connectivity index (χ2n) is 10.0. The van der Waals surface area contributed by atoms with Crippen LogP contribution in [0, 0.1) is 6.92 Å². The molecule has 11 heteroatoms. The topological polar surface area (TPSA) is 96.0 Å². The largest absolute Gasteiger partial charge is 0.495 e. The first-order chi connectivity index (χ1) is 20.0. The van der Waals surface area contributed by atoms with Gasteiger partial charge in [-0.25, -0.2) is 8.42 Å². The second kappa shape index (κ2) is 15.3. The van der Waals surface area contributed by atoms with E-state index in [4.69, 9.17) is 27.9 Å². The van der Waals surface area contributed by atoms with E-state index in [-0.39, 0.29) is 30.3 Å². The minimum atomic E-state index is -3.95. The SMILES string of the molecule is CCCCNC(=O)[C@H](Cc1ccccc1)N(Cc1c(Cl)cccc1Cl)C(=O)CN(c1cc(C)ccc1OC)S(C)(=O)=O. The number of hydrogen-bond donors (Lipinski definition) is 1. The fourth-order valence-electron chi connectivity index (χ4n) is 4.50. The number of benzene rings is 3. The van der Waals surface area contributed by atoms with Crippen LogP contribution >= 0.6 is 23.2 Å². The molecule has 0 heterocycles. The predicted octanol–water partition coefficient (Wildman–Crippen LogP) is 5.63. The number of methoxy groups -OCH3 is 1. The van der Waals surface area contributed by atoms with Gasteiger partial charge in [0.25, 0.3) is 0 Å². The molecule has 0 aromatic heterocycles. The van der Waals surface area contributed by atoms with Crippen LogP contribution in [0.5, 0.6) is 5.75 Å². The number of sulfonamides is 1. The van der Waals surface area contributed by atoms with E-state index in [1.165, 1.54) is 12.0 Å². The number of halogens is 2. The fourth-order valence-corrected chi connectivity index (χ4v) is 5.87. The fraction of sp³-hybridized carbons (Fsp3) is 0.355. The van der Waals surface area contributed by atoms with Gasteiger partial charge in [0.05, 0.1) is 19.1 Å². The third kappa shape index (κ3) is 8.86. The van der Waals surface area contributed by atoms with Crippen LogP contribution in [0.1, 0.15) is 36.5 Å². The highest BCUT2D eigenvalue weighted by molar-refractivity contribution is 7.92. The van der Waals surface area contributed by atoms with E-state index < -0.39 is 28.5 Å². The Labute approximate surface area is 258 Å². The highest BCUT2D eigenvalue weighted by Gasteiger charge is 2.34. The molecule has 2 amide bonds. The summed E-state index contributed by atoms with van der Waals surface area (Å²) in [5.41, 5.74) is 2.28. The second-order valence-corrected chi connectivity index (χ2v) is 12.7. The Morgan fingerprint density at radius 2 is 1.67 bits per heavy atom. The number of nitrogens with zero attached hydrogens (tertiary/aromatic N) is 2. The number of nitrogens with one attached hydrogen (secondary N) is 1. The summed E-state index contributed by atoms with van der Waals surface area (Å²) in [5.74, 6) is -0.674. The molecule has 0 saturated heterocycles. The molecule has 8 nitrogen and oxygen atoms in total. The molecular weight excluding hydrogens is 597 g/mol. The van der Waals surface area contributed by atoms with Crippen LogP contribution in [0.2, 0.25) is 10.0 Å². The highest BCUT2D eigenvalue weighted by Crippen LogP contribution is 2.32. The lowest BCUT2D eigenvalue weighted by Crippen LogP contribution is -2.53. The molecular formula is C31H37Cl2N3O5S. The molecule has 0 aliphatic heterocycles. The van der Waals surface area contributed by atoms with Crippen LogP contribution in [-0.4, -0.2) is 57.6 Å². The predicted molar refractivity (Wildman–Crippen MR) is 169 cm³/mol. The van der Waals surface area contributed by atoms with Crippen LogP contribution in [0.4, 0.5) is 5.69 Å². The maximum Gasteiger partial charge on any atom is 0.244 e. The lowest BCUT2D eigenvalue weighted by atomic mass is 10.0. The molecule has 0 aliphatic carbocycles. The zero-order valence-electron chi connectivity index (χ0n) is 24.3. The van der Waals surface area contributed by atoms with Crippen molar-refractivity contribution in [3.8, 4) is 5.75 Å². The molecule has 3 aromatic rings. The summed E-state index contributed by atoms with van der Waals surface area (Å²) in [7, 11) is -2.53.